The van der Waals surface area contributed by atoms with Gasteiger partial charge in [-0.05, 0) is 33.0 Å². The predicted octanol–water partition coefficient (Wildman–Crippen LogP) is 2.90. The van der Waals surface area contributed by atoms with Crippen molar-refractivity contribution < 1.29 is 0 Å². The largest absolute Gasteiger partial charge is 0.324 e. The van der Waals surface area contributed by atoms with Crippen molar-refractivity contribution in [2.24, 2.45) is 7.05 Å². The van der Waals surface area contributed by atoms with Crippen molar-refractivity contribution in [3.8, 4) is 11.8 Å². The number of thiophene rings is 1. The molecule has 2 aromatic rings. The number of aromatic nitrogens is 2. The summed E-state index contributed by atoms with van der Waals surface area (Å²) in [5, 5.41) is 0. The van der Waals surface area contributed by atoms with E-state index in [0.29, 0.717) is 0 Å². The summed E-state index contributed by atoms with van der Waals surface area (Å²) >= 11 is 7.67. The lowest BCUT2D eigenvalue weighted by atomic mass is 10.3. The Kier molecular flexibility index (Phi) is 4.31. The summed E-state index contributed by atoms with van der Waals surface area (Å²) in [6.45, 7) is 2.83. The predicted molar refractivity (Wildman–Crippen MR) is 80.6 cm³/mol. The van der Waals surface area contributed by atoms with Gasteiger partial charge in [-0.3, -0.25) is 0 Å². The van der Waals surface area contributed by atoms with Gasteiger partial charge in [-0.2, -0.15) is 0 Å². The molecule has 2 heterocycles. The molecule has 0 atom stereocenters. The Morgan fingerprint density at radius 2 is 2.16 bits per heavy atom. The van der Waals surface area contributed by atoms with Gasteiger partial charge in [0.15, 0.2) is 0 Å². The van der Waals surface area contributed by atoms with Gasteiger partial charge in [0.25, 0.3) is 0 Å². The molecule has 0 amide bonds. The van der Waals surface area contributed by atoms with Crippen LogP contribution in [0.15, 0.2) is 12.3 Å². The normalized spacial score (nSPS) is 10.6. The summed E-state index contributed by atoms with van der Waals surface area (Å²) in [6.07, 6.45) is 1.80. The maximum atomic E-state index is 6.11. The first kappa shape index (κ1) is 14.1. The van der Waals surface area contributed by atoms with E-state index < -0.39 is 0 Å². The molecule has 0 spiro atoms. The van der Waals surface area contributed by atoms with Gasteiger partial charge in [0.2, 0.25) is 0 Å². The minimum absolute atomic E-state index is 0.751. The minimum Gasteiger partial charge on any atom is -0.324 e. The first-order chi connectivity index (χ1) is 8.97. The first-order valence-corrected chi connectivity index (χ1v) is 7.10. The SMILES string of the molecule is Cc1cc(C#Cc2cnc(CN(C)C)n2C)c(Cl)s1. The summed E-state index contributed by atoms with van der Waals surface area (Å²) in [5.74, 6) is 7.24. The van der Waals surface area contributed by atoms with Crippen molar-refractivity contribution in [1.82, 2.24) is 14.5 Å². The lowest BCUT2D eigenvalue weighted by Gasteiger charge is -2.08. The van der Waals surface area contributed by atoms with E-state index in [2.05, 4.69) is 21.7 Å². The molecule has 5 heteroatoms. The second kappa shape index (κ2) is 5.79. The zero-order chi connectivity index (χ0) is 14.0. The Labute approximate surface area is 122 Å². The standard InChI is InChI=1S/C14H16ClN3S/c1-10-7-11(14(15)19-10)5-6-12-8-16-13(18(12)4)9-17(2)3/h7-8H,9H2,1-4H3. The zero-order valence-electron chi connectivity index (χ0n) is 11.5. The molecule has 0 aromatic carbocycles. The van der Waals surface area contributed by atoms with Crippen molar-refractivity contribution >= 4 is 22.9 Å². The molecule has 0 fully saturated rings. The Balaban J connectivity index is 2.25. The number of aryl methyl sites for hydroxylation is 1. The highest BCUT2D eigenvalue weighted by Crippen LogP contribution is 2.26. The topological polar surface area (TPSA) is 21.1 Å². The van der Waals surface area contributed by atoms with E-state index in [1.807, 2.05) is 38.7 Å². The monoisotopic (exact) mass is 293 g/mol. The number of halogens is 1. The van der Waals surface area contributed by atoms with E-state index in [-0.39, 0.29) is 0 Å². The van der Waals surface area contributed by atoms with Crippen LogP contribution in [0.25, 0.3) is 0 Å². The Morgan fingerprint density at radius 1 is 1.42 bits per heavy atom. The van der Waals surface area contributed by atoms with Crippen LogP contribution in [-0.2, 0) is 13.6 Å². The van der Waals surface area contributed by atoms with Crippen LogP contribution in [0.4, 0.5) is 0 Å². The quantitative estimate of drug-likeness (QED) is 0.794. The third-order valence-electron chi connectivity index (χ3n) is 2.68. The van der Waals surface area contributed by atoms with Gasteiger partial charge in [0, 0.05) is 11.9 Å². The van der Waals surface area contributed by atoms with Crippen LogP contribution in [0.2, 0.25) is 4.34 Å². The van der Waals surface area contributed by atoms with Crippen LogP contribution in [0.3, 0.4) is 0 Å². The van der Waals surface area contributed by atoms with Gasteiger partial charge in [0.05, 0.1) is 18.3 Å². The molecule has 2 aromatic heterocycles. The summed E-state index contributed by atoms with van der Waals surface area (Å²) in [4.78, 5) is 7.64. The fourth-order valence-electron chi connectivity index (χ4n) is 1.70. The number of nitrogens with zero attached hydrogens (tertiary/aromatic N) is 3. The van der Waals surface area contributed by atoms with Crippen LogP contribution in [-0.4, -0.2) is 28.5 Å². The molecule has 0 saturated heterocycles. The third kappa shape index (κ3) is 3.38. The van der Waals surface area contributed by atoms with Crippen LogP contribution < -0.4 is 0 Å². The average Bonchev–Trinajstić information content (AvgIpc) is 2.81. The summed E-state index contributed by atoms with van der Waals surface area (Å²) in [5.41, 5.74) is 1.79. The minimum atomic E-state index is 0.751. The van der Waals surface area contributed by atoms with Gasteiger partial charge in [-0.1, -0.05) is 17.5 Å². The van der Waals surface area contributed by atoms with E-state index >= 15 is 0 Å². The van der Waals surface area contributed by atoms with E-state index in [1.54, 1.807) is 17.5 Å². The molecule has 2 rings (SSSR count). The second-order valence-electron chi connectivity index (χ2n) is 4.65. The van der Waals surface area contributed by atoms with E-state index in [0.717, 1.165) is 28.0 Å². The maximum absolute atomic E-state index is 6.11. The van der Waals surface area contributed by atoms with E-state index in [1.165, 1.54) is 4.88 Å². The molecule has 0 aliphatic heterocycles. The lowest BCUT2D eigenvalue weighted by molar-refractivity contribution is 0.384. The van der Waals surface area contributed by atoms with Crippen molar-refractivity contribution in [3.63, 3.8) is 0 Å². The molecule has 19 heavy (non-hydrogen) atoms. The van der Waals surface area contributed by atoms with E-state index in [4.69, 9.17) is 11.6 Å². The third-order valence-corrected chi connectivity index (χ3v) is 3.95. The zero-order valence-corrected chi connectivity index (χ0v) is 13.1. The second-order valence-corrected chi connectivity index (χ2v) is 6.51. The van der Waals surface area contributed by atoms with Crippen LogP contribution >= 0.6 is 22.9 Å². The van der Waals surface area contributed by atoms with Gasteiger partial charge < -0.3 is 9.47 Å². The van der Waals surface area contributed by atoms with E-state index in [9.17, 15) is 0 Å². The van der Waals surface area contributed by atoms with Crippen LogP contribution in [0.5, 0.6) is 0 Å². The highest BCUT2D eigenvalue weighted by Gasteiger charge is 2.06. The van der Waals surface area contributed by atoms with Gasteiger partial charge in [-0.15, -0.1) is 11.3 Å². The highest BCUT2D eigenvalue weighted by atomic mass is 35.5. The molecule has 0 saturated carbocycles. The molecule has 0 N–H and O–H groups in total. The van der Waals surface area contributed by atoms with Crippen LogP contribution in [0.1, 0.15) is 22.0 Å². The van der Waals surface area contributed by atoms with Gasteiger partial charge >= 0.3 is 0 Å². The summed E-state index contributed by atoms with van der Waals surface area (Å²) in [6, 6.07) is 2.01. The Hall–Kier alpha value is -1.28. The smallest absolute Gasteiger partial charge is 0.123 e. The van der Waals surface area contributed by atoms with Crippen molar-refractivity contribution in [3.05, 3.63) is 38.6 Å². The number of imidazole rings is 1. The van der Waals surface area contributed by atoms with Gasteiger partial charge in [0.1, 0.15) is 15.9 Å². The molecule has 0 radical (unpaired) electrons. The molecular formula is C14H16ClN3S. The average molecular weight is 294 g/mol. The fraction of sp³-hybridized carbons (Fsp3) is 0.357. The molecular weight excluding hydrogens is 278 g/mol. The highest BCUT2D eigenvalue weighted by molar-refractivity contribution is 7.16. The Morgan fingerprint density at radius 3 is 2.74 bits per heavy atom. The molecule has 3 nitrogen and oxygen atoms in total. The number of rotatable bonds is 2. The molecule has 0 aliphatic carbocycles. The summed E-state index contributed by atoms with van der Waals surface area (Å²) in [7, 11) is 6.03. The number of hydrogen-bond donors (Lipinski definition) is 0. The van der Waals surface area contributed by atoms with Crippen molar-refractivity contribution in [2.45, 2.75) is 13.5 Å². The van der Waals surface area contributed by atoms with Crippen LogP contribution in [0, 0.1) is 18.8 Å². The van der Waals surface area contributed by atoms with Gasteiger partial charge in [-0.25, -0.2) is 4.98 Å². The Bertz CT molecular complexity index is 643. The fourth-order valence-corrected chi connectivity index (χ4v) is 2.84. The molecule has 0 aliphatic rings. The maximum Gasteiger partial charge on any atom is 0.123 e. The molecule has 0 unspecified atom stereocenters. The number of hydrogen-bond acceptors (Lipinski definition) is 3. The van der Waals surface area contributed by atoms with Crippen molar-refractivity contribution in [2.75, 3.05) is 14.1 Å². The summed E-state index contributed by atoms with van der Waals surface area (Å²) < 4.78 is 2.76. The first-order valence-electron chi connectivity index (χ1n) is 5.90. The lowest BCUT2D eigenvalue weighted by Crippen LogP contribution is -2.14. The molecule has 0 bridgehead atoms. The molecule has 100 valence electrons. The van der Waals surface area contributed by atoms with Crippen molar-refractivity contribution in [1.29, 1.82) is 0 Å².